The standard InChI is InChI=1S/C27H31FN6/c1-18-5-8-21(14-24(18)34-11-9-33(4)10-12-34)31-26-30-16-23(28)25(32-26)19-6-7-20-15-29-17-27(2,3)22(20)13-19/h5-8,13-16H,9-12,17H2,1-4H3,(H,30,31,32). The highest BCUT2D eigenvalue weighted by Gasteiger charge is 2.26. The van der Waals surface area contributed by atoms with Crippen LogP contribution in [0, 0.1) is 12.7 Å². The first-order valence-electron chi connectivity index (χ1n) is 11.8. The van der Waals surface area contributed by atoms with Gasteiger partial charge in [0.15, 0.2) is 5.82 Å². The van der Waals surface area contributed by atoms with Crippen LogP contribution in [0.25, 0.3) is 11.3 Å². The minimum Gasteiger partial charge on any atom is -0.369 e. The molecule has 2 aliphatic rings. The lowest BCUT2D eigenvalue weighted by Crippen LogP contribution is -2.44. The Morgan fingerprint density at radius 2 is 1.82 bits per heavy atom. The summed E-state index contributed by atoms with van der Waals surface area (Å²) < 4.78 is 14.8. The molecule has 0 atom stereocenters. The molecule has 34 heavy (non-hydrogen) atoms. The molecule has 1 aromatic heterocycles. The first-order valence-corrected chi connectivity index (χ1v) is 11.8. The number of aryl methyl sites for hydroxylation is 1. The van der Waals surface area contributed by atoms with Gasteiger partial charge in [-0.05, 0) is 48.9 Å². The zero-order valence-electron chi connectivity index (χ0n) is 20.3. The number of nitrogens with zero attached hydrogens (tertiary/aromatic N) is 5. The van der Waals surface area contributed by atoms with E-state index >= 15 is 0 Å². The van der Waals surface area contributed by atoms with Crippen molar-refractivity contribution in [2.24, 2.45) is 4.99 Å². The van der Waals surface area contributed by atoms with Gasteiger partial charge in [0.05, 0.1) is 6.20 Å². The largest absolute Gasteiger partial charge is 0.369 e. The van der Waals surface area contributed by atoms with E-state index in [4.69, 9.17) is 0 Å². The van der Waals surface area contributed by atoms with Crippen LogP contribution in [-0.4, -0.2) is 60.9 Å². The highest BCUT2D eigenvalue weighted by Crippen LogP contribution is 2.34. The van der Waals surface area contributed by atoms with Gasteiger partial charge in [0.25, 0.3) is 0 Å². The van der Waals surface area contributed by atoms with Gasteiger partial charge < -0.3 is 15.1 Å². The van der Waals surface area contributed by atoms with Crippen molar-refractivity contribution < 1.29 is 4.39 Å². The monoisotopic (exact) mass is 458 g/mol. The number of hydrogen-bond donors (Lipinski definition) is 1. The van der Waals surface area contributed by atoms with E-state index in [9.17, 15) is 4.39 Å². The summed E-state index contributed by atoms with van der Waals surface area (Å²) in [5.41, 5.74) is 6.49. The molecule has 2 aromatic carbocycles. The van der Waals surface area contributed by atoms with Gasteiger partial charge in [0.1, 0.15) is 5.69 Å². The van der Waals surface area contributed by atoms with Crippen molar-refractivity contribution in [1.29, 1.82) is 0 Å². The van der Waals surface area contributed by atoms with E-state index in [2.05, 4.69) is 70.0 Å². The molecule has 5 rings (SSSR count). The van der Waals surface area contributed by atoms with Crippen LogP contribution in [0.5, 0.6) is 0 Å². The van der Waals surface area contributed by atoms with Crippen LogP contribution in [0.15, 0.2) is 47.6 Å². The minimum absolute atomic E-state index is 0.105. The van der Waals surface area contributed by atoms with Crippen LogP contribution in [0.3, 0.4) is 0 Å². The first-order chi connectivity index (χ1) is 16.3. The molecule has 7 heteroatoms. The molecule has 0 amide bonds. The number of nitrogens with one attached hydrogen (secondary N) is 1. The fraction of sp³-hybridized carbons (Fsp3) is 0.370. The molecule has 1 N–H and O–H groups in total. The van der Waals surface area contributed by atoms with Crippen LogP contribution in [0.4, 0.5) is 21.7 Å². The molecule has 3 heterocycles. The highest BCUT2D eigenvalue weighted by molar-refractivity contribution is 5.85. The Labute approximate surface area is 200 Å². The van der Waals surface area contributed by atoms with Crippen molar-refractivity contribution in [1.82, 2.24) is 14.9 Å². The molecule has 0 aliphatic carbocycles. The minimum atomic E-state index is -0.435. The zero-order chi connectivity index (χ0) is 23.9. The summed E-state index contributed by atoms with van der Waals surface area (Å²) >= 11 is 0. The molecule has 0 unspecified atom stereocenters. The van der Waals surface area contributed by atoms with Gasteiger partial charge in [0, 0.05) is 61.3 Å². The van der Waals surface area contributed by atoms with E-state index in [1.54, 1.807) is 0 Å². The van der Waals surface area contributed by atoms with Crippen LogP contribution in [0.2, 0.25) is 0 Å². The third kappa shape index (κ3) is 4.40. The second-order valence-corrected chi connectivity index (χ2v) is 9.96. The highest BCUT2D eigenvalue weighted by atomic mass is 19.1. The summed E-state index contributed by atoms with van der Waals surface area (Å²) in [5.74, 6) is -0.0575. The van der Waals surface area contributed by atoms with Crippen LogP contribution in [-0.2, 0) is 5.41 Å². The second kappa shape index (κ2) is 8.80. The lowest BCUT2D eigenvalue weighted by molar-refractivity contribution is 0.312. The summed E-state index contributed by atoms with van der Waals surface area (Å²) in [4.78, 5) is 18.0. The van der Waals surface area contributed by atoms with Gasteiger partial charge in [-0.25, -0.2) is 14.4 Å². The molecular formula is C27H31FN6. The fourth-order valence-corrected chi connectivity index (χ4v) is 4.69. The van der Waals surface area contributed by atoms with Crippen molar-refractivity contribution >= 4 is 23.5 Å². The van der Waals surface area contributed by atoms with E-state index in [-0.39, 0.29) is 5.41 Å². The molecule has 6 nitrogen and oxygen atoms in total. The van der Waals surface area contributed by atoms with Gasteiger partial charge in [-0.15, -0.1) is 0 Å². The molecular weight excluding hydrogens is 427 g/mol. The topological polar surface area (TPSA) is 56.7 Å². The average molecular weight is 459 g/mol. The Kier molecular flexibility index (Phi) is 5.81. The predicted molar refractivity (Wildman–Crippen MR) is 137 cm³/mol. The summed E-state index contributed by atoms with van der Waals surface area (Å²) in [6.07, 6.45) is 3.13. The Morgan fingerprint density at radius 3 is 2.62 bits per heavy atom. The first kappa shape index (κ1) is 22.5. The molecule has 0 bridgehead atoms. The molecule has 2 aliphatic heterocycles. The van der Waals surface area contributed by atoms with Gasteiger partial charge in [-0.2, -0.15) is 0 Å². The molecule has 0 spiro atoms. The van der Waals surface area contributed by atoms with Crippen LogP contribution >= 0.6 is 0 Å². The summed E-state index contributed by atoms with van der Waals surface area (Å²) in [7, 11) is 2.16. The molecule has 1 saturated heterocycles. The number of rotatable bonds is 4. The Balaban J connectivity index is 1.43. The maximum atomic E-state index is 14.8. The Hall–Kier alpha value is -3.32. The number of aromatic nitrogens is 2. The number of hydrogen-bond acceptors (Lipinski definition) is 6. The molecule has 1 fully saturated rings. The normalized spacial score (nSPS) is 17.5. The number of anilines is 3. The van der Waals surface area contributed by atoms with Crippen LogP contribution in [0.1, 0.15) is 30.5 Å². The van der Waals surface area contributed by atoms with Crippen molar-refractivity contribution in [3.05, 3.63) is 65.1 Å². The van der Waals surface area contributed by atoms with E-state index in [0.717, 1.165) is 48.6 Å². The quantitative estimate of drug-likeness (QED) is 0.609. The van der Waals surface area contributed by atoms with Crippen molar-refractivity contribution in [2.75, 3.05) is 50.0 Å². The van der Waals surface area contributed by atoms with E-state index < -0.39 is 5.82 Å². The number of aliphatic imine (C=N–C) groups is 1. The molecule has 3 aromatic rings. The van der Waals surface area contributed by atoms with Crippen molar-refractivity contribution in [2.45, 2.75) is 26.2 Å². The maximum Gasteiger partial charge on any atom is 0.227 e. The third-order valence-corrected chi connectivity index (χ3v) is 6.83. The zero-order valence-corrected chi connectivity index (χ0v) is 20.3. The van der Waals surface area contributed by atoms with Crippen molar-refractivity contribution in [3.63, 3.8) is 0 Å². The van der Waals surface area contributed by atoms with Gasteiger partial charge in [-0.1, -0.05) is 32.0 Å². The molecule has 0 radical (unpaired) electrons. The van der Waals surface area contributed by atoms with Gasteiger partial charge in [0.2, 0.25) is 5.95 Å². The fourth-order valence-electron chi connectivity index (χ4n) is 4.69. The average Bonchev–Trinajstić information content (AvgIpc) is 2.82. The second-order valence-electron chi connectivity index (χ2n) is 9.96. The number of likely N-dealkylation sites (N-methyl/N-ethyl adjacent to an activating group) is 1. The lowest BCUT2D eigenvalue weighted by atomic mass is 9.79. The van der Waals surface area contributed by atoms with E-state index in [1.165, 1.54) is 17.4 Å². The van der Waals surface area contributed by atoms with E-state index in [1.807, 2.05) is 30.5 Å². The maximum absolute atomic E-state index is 14.8. The smallest absolute Gasteiger partial charge is 0.227 e. The molecule has 176 valence electrons. The third-order valence-electron chi connectivity index (χ3n) is 6.83. The summed E-state index contributed by atoms with van der Waals surface area (Å²) in [6, 6.07) is 12.2. The SMILES string of the molecule is Cc1ccc(Nc2ncc(F)c(-c3ccc4c(c3)C(C)(C)CN=C4)n2)cc1N1CCN(C)CC1. The van der Waals surface area contributed by atoms with E-state index in [0.29, 0.717) is 18.2 Å². The van der Waals surface area contributed by atoms with Gasteiger partial charge in [-0.3, -0.25) is 4.99 Å². The summed E-state index contributed by atoms with van der Waals surface area (Å²) in [6.45, 7) is 11.2. The number of piperazine rings is 1. The van der Waals surface area contributed by atoms with Crippen molar-refractivity contribution in [3.8, 4) is 11.3 Å². The Morgan fingerprint density at radius 1 is 1.03 bits per heavy atom. The molecule has 0 saturated carbocycles. The summed E-state index contributed by atoms with van der Waals surface area (Å²) in [5, 5.41) is 3.29. The van der Waals surface area contributed by atoms with Crippen LogP contribution < -0.4 is 10.2 Å². The number of fused-ring (bicyclic) bond motifs is 1. The Bertz CT molecular complexity index is 1240. The predicted octanol–water partition coefficient (Wildman–Crippen LogP) is 4.80. The number of benzene rings is 2. The van der Waals surface area contributed by atoms with Gasteiger partial charge >= 0.3 is 0 Å². The lowest BCUT2D eigenvalue weighted by Gasteiger charge is -2.35. The number of halogens is 1.